The van der Waals surface area contributed by atoms with Crippen LogP contribution in [0.5, 0.6) is 0 Å². The van der Waals surface area contributed by atoms with Gasteiger partial charge in [0.05, 0.1) is 0 Å². The van der Waals surface area contributed by atoms with Gasteiger partial charge in [0.2, 0.25) is 0 Å². The topological polar surface area (TPSA) is 12.0 Å². The Morgan fingerprint density at radius 1 is 0.950 bits per heavy atom. The van der Waals surface area contributed by atoms with Crippen LogP contribution in [0.25, 0.3) is 0 Å². The Bertz CT molecular complexity index is 274. The Kier molecular flexibility index (Phi) is 5.95. The lowest BCUT2D eigenvalue weighted by Crippen LogP contribution is -2.37. The molecule has 0 heterocycles. The Morgan fingerprint density at radius 2 is 1.70 bits per heavy atom. The summed E-state index contributed by atoms with van der Waals surface area (Å²) >= 11 is 0. The van der Waals surface area contributed by atoms with Crippen LogP contribution in [0.2, 0.25) is 0 Å². The molecule has 2 aliphatic carbocycles. The van der Waals surface area contributed by atoms with Crippen molar-refractivity contribution >= 4 is 0 Å². The van der Waals surface area contributed by atoms with Crippen LogP contribution in [-0.4, -0.2) is 12.6 Å². The van der Waals surface area contributed by atoms with Crippen LogP contribution >= 0.6 is 0 Å². The van der Waals surface area contributed by atoms with Crippen LogP contribution < -0.4 is 5.32 Å². The minimum absolute atomic E-state index is 0.512. The van der Waals surface area contributed by atoms with Crippen molar-refractivity contribution < 1.29 is 0 Å². The van der Waals surface area contributed by atoms with Crippen molar-refractivity contribution in [3.8, 4) is 0 Å². The first-order valence-corrected chi connectivity index (χ1v) is 9.24. The van der Waals surface area contributed by atoms with Crippen LogP contribution in [-0.2, 0) is 0 Å². The second-order valence-corrected chi connectivity index (χ2v) is 8.57. The zero-order valence-corrected chi connectivity index (χ0v) is 14.4. The summed E-state index contributed by atoms with van der Waals surface area (Å²) in [4.78, 5) is 0. The van der Waals surface area contributed by atoms with Crippen molar-refractivity contribution in [3.05, 3.63) is 0 Å². The lowest BCUT2D eigenvalue weighted by Gasteiger charge is -2.42. The average molecular weight is 280 g/mol. The molecular formula is C19H37N. The molecule has 3 atom stereocenters. The lowest BCUT2D eigenvalue weighted by molar-refractivity contribution is 0.0909. The molecular weight excluding hydrogens is 242 g/mol. The van der Waals surface area contributed by atoms with E-state index in [-0.39, 0.29) is 0 Å². The molecule has 0 spiro atoms. The molecule has 118 valence electrons. The Balaban J connectivity index is 1.84. The van der Waals surface area contributed by atoms with Gasteiger partial charge in [-0.05, 0) is 61.8 Å². The van der Waals surface area contributed by atoms with E-state index in [1.54, 1.807) is 0 Å². The predicted molar refractivity (Wildman–Crippen MR) is 88.9 cm³/mol. The largest absolute Gasteiger partial charge is 0.314 e. The molecule has 1 N–H and O–H groups in total. The van der Waals surface area contributed by atoms with Gasteiger partial charge in [-0.3, -0.25) is 0 Å². The smallest absolute Gasteiger partial charge is 0.00683 e. The molecule has 1 heteroatoms. The summed E-state index contributed by atoms with van der Waals surface area (Å²) in [6.45, 7) is 11.0. The highest BCUT2D eigenvalue weighted by atomic mass is 14.9. The van der Waals surface area contributed by atoms with E-state index < -0.39 is 0 Å². The highest BCUT2D eigenvalue weighted by Crippen LogP contribution is 2.44. The highest BCUT2D eigenvalue weighted by Gasteiger charge is 2.36. The van der Waals surface area contributed by atoms with E-state index >= 15 is 0 Å². The molecule has 2 aliphatic rings. The van der Waals surface area contributed by atoms with Crippen LogP contribution in [0.3, 0.4) is 0 Å². The molecule has 0 radical (unpaired) electrons. The average Bonchev–Trinajstić information content (AvgIpc) is 3.20. The van der Waals surface area contributed by atoms with Gasteiger partial charge in [0.1, 0.15) is 0 Å². The van der Waals surface area contributed by atoms with Crippen LogP contribution in [0.15, 0.2) is 0 Å². The van der Waals surface area contributed by atoms with Gasteiger partial charge < -0.3 is 5.32 Å². The predicted octanol–water partition coefficient (Wildman–Crippen LogP) is 5.40. The number of unbranched alkanes of at least 4 members (excludes halogenated alkanes) is 2. The molecule has 0 bridgehead atoms. The van der Waals surface area contributed by atoms with Gasteiger partial charge in [0.25, 0.3) is 0 Å². The molecule has 1 nitrogen and oxygen atoms in total. The third kappa shape index (κ3) is 5.06. The van der Waals surface area contributed by atoms with Gasteiger partial charge in [-0.1, -0.05) is 53.4 Å². The molecule has 2 rings (SSSR count). The van der Waals surface area contributed by atoms with Crippen molar-refractivity contribution in [3.63, 3.8) is 0 Å². The van der Waals surface area contributed by atoms with Crippen molar-refractivity contribution in [1.29, 1.82) is 0 Å². The van der Waals surface area contributed by atoms with E-state index in [1.807, 2.05) is 0 Å². The van der Waals surface area contributed by atoms with Gasteiger partial charge in [-0.15, -0.1) is 0 Å². The molecule has 3 unspecified atom stereocenters. The van der Waals surface area contributed by atoms with E-state index in [9.17, 15) is 0 Å². The molecule has 2 saturated carbocycles. The number of hydrogen-bond donors (Lipinski definition) is 1. The normalized spacial score (nSPS) is 31.5. The maximum atomic E-state index is 3.80. The summed E-state index contributed by atoms with van der Waals surface area (Å²) in [5, 5.41) is 3.80. The molecule has 0 aliphatic heterocycles. The van der Waals surface area contributed by atoms with E-state index in [4.69, 9.17) is 0 Å². The zero-order chi connectivity index (χ0) is 14.6. The fourth-order valence-electron chi connectivity index (χ4n) is 4.00. The summed E-state index contributed by atoms with van der Waals surface area (Å²) in [5.41, 5.74) is 0.512. The second-order valence-electron chi connectivity index (χ2n) is 8.57. The van der Waals surface area contributed by atoms with Gasteiger partial charge in [0.15, 0.2) is 0 Å². The molecule has 0 aromatic heterocycles. The van der Waals surface area contributed by atoms with Crippen molar-refractivity contribution in [1.82, 2.24) is 5.32 Å². The maximum absolute atomic E-state index is 3.80. The molecule has 0 amide bonds. The Labute approximate surface area is 127 Å². The molecule has 0 aromatic carbocycles. The zero-order valence-electron chi connectivity index (χ0n) is 14.4. The first-order chi connectivity index (χ1) is 9.50. The lowest BCUT2D eigenvalue weighted by atomic mass is 9.64. The maximum Gasteiger partial charge on any atom is 0.00683 e. The molecule has 2 fully saturated rings. The Morgan fingerprint density at radius 3 is 2.30 bits per heavy atom. The minimum atomic E-state index is 0.512. The number of nitrogens with one attached hydrogen (secondary N) is 1. The second kappa shape index (κ2) is 7.29. The fraction of sp³-hybridized carbons (Fsp3) is 1.00. The number of hydrogen-bond acceptors (Lipinski definition) is 1. The van der Waals surface area contributed by atoms with E-state index in [2.05, 4.69) is 33.0 Å². The van der Waals surface area contributed by atoms with Gasteiger partial charge in [-0.25, -0.2) is 0 Å². The van der Waals surface area contributed by atoms with Crippen molar-refractivity contribution in [2.75, 3.05) is 6.54 Å². The molecule has 0 saturated heterocycles. The van der Waals surface area contributed by atoms with Gasteiger partial charge in [0, 0.05) is 6.04 Å². The SMILES string of the molecule is CCCCCC1CC(C(C)(C)C)CCC1CNC1CC1. The summed E-state index contributed by atoms with van der Waals surface area (Å²) in [6, 6.07) is 0.881. The summed E-state index contributed by atoms with van der Waals surface area (Å²) in [5.74, 6) is 2.91. The van der Waals surface area contributed by atoms with Crippen LogP contribution in [0, 0.1) is 23.2 Å². The van der Waals surface area contributed by atoms with Gasteiger partial charge in [-0.2, -0.15) is 0 Å². The molecule has 20 heavy (non-hydrogen) atoms. The van der Waals surface area contributed by atoms with E-state index in [1.165, 1.54) is 64.3 Å². The third-order valence-electron chi connectivity index (χ3n) is 5.79. The summed E-state index contributed by atoms with van der Waals surface area (Å²) in [7, 11) is 0. The van der Waals surface area contributed by atoms with Crippen molar-refractivity contribution in [2.45, 2.75) is 91.5 Å². The highest BCUT2D eigenvalue weighted by molar-refractivity contribution is 4.88. The first kappa shape index (κ1) is 16.3. The van der Waals surface area contributed by atoms with Crippen molar-refractivity contribution in [2.24, 2.45) is 23.2 Å². The summed E-state index contributed by atoms with van der Waals surface area (Å²) < 4.78 is 0. The van der Waals surface area contributed by atoms with E-state index in [0.29, 0.717) is 5.41 Å². The Hall–Kier alpha value is -0.0400. The van der Waals surface area contributed by atoms with Crippen LogP contribution in [0.1, 0.15) is 85.5 Å². The fourth-order valence-corrected chi connectivity index (χ4v) is 4.00. The minimum Gasteiger partial charge on any atom is -0.314 e. The van der Waals surface area contributed by atoms with Gasteiger partial charge >= 0.3 is 0 Å². The van der Waals surface area contributed by atoms with Crippen LogP contribution in [0.4, 0.5) is 0 Å². The number of rotatable bonds is 7. The quantitative estimate of drug-likeness (QED) is 0.615. The monoisotopic (exact) mass is 279 g/mol. The van der Waals surface area contributed by atoms with E-state index in [0.717, 1.165) is 23.8 Å². The molecule has 0 aromatic rings. The third-order valence-corrected chi connectivity index (χ3v) is 5.79. The summed E-state index contributed by atoms with van der Waals surface area (Å²) in [6.07, 6.45) is 13.0. The standard InChI is InChI=1S/C19H37N/c1-5-6-7-8-15-13-17(19(2,3)4)10-9-16(15)14-20-18-11-12-18/h15-18,20H,5-14H2,1-4H3. The first-order valence-electron chi connectivity index (χ1n) is 9.24.